The molecule has 0 saturated heterocycles. The van der Waals surface area contributed by atoms with Crippen LogP contribution in [0.3, 0.4) is 0 Å². The molecule has 19 heavy (non-hydrogen) atoms. The first-order chi connectivity index (χ1) is 8.75. The van der Waals surface area contributed by atoms with Gasteiger partial charge in [-0.2, -0.15) is 0 Å². The van der Waals surface area contributed by atoms with Crippen LogP contribution in [0.15, 0.2) is 18.2 Å². The summed E-state index contributed by atoms with van der Waals surface area (Å²) in [6.07, 6.45) is 0.0324. The molecule has 1 aromatic carbocycles. The molecule has 0 aromatic heterocycles. The maximum Gasteiger partial charge on any atom is 0.253 e. The lowest BCUT2D eigenvalue weighted by Gasteiger charge is -2.25. The van der Waals surface area contributed by atoms with Crippen LogP contribution < -0.4 is 22.3 Å². The highest BCUT2D eigenvalue weighted by Gasteiger charge is 2.24. The van der Waals surface area contributed by atoms with Crippen LogP contribution in [0.4, 0.5) is 5.69 Å². The number of primary amides is 1. The third-order valence-corrected chi connectivity index (χ3v) is 2.68. The van der Waals surface area contributed by atoms with Crippen molar-refractivity contribution < 1.29 is 9.59 Å². The lowest BCUT2D eigenvalue weighted by atomic mass is 9.99. The van der Waals surface area contributed by atoms with Crippen LogP contribution in [0.1, 0.15) is 30.6 Å². The Morgan fingerprint density at radius 1 is 1.37 bits per heavy atom. The summed E-state index contributed by atoms with van der Waals surface area (Å²) in [7, 11) is 0. The quantitative estimate of drug-likeness (QED) is 0.478. The van der Waals surface area contributed by atoms with Crippen LogP contribution in [0.5, 0.6) is 0 Å². The van der Waals surface area contributed by atoms with Crippen LogP contribution in [0.25, 0.3) is 0 Å². The first-order valence-corrected chi connectivity index (χ1v) is 6.00. The minimum Gasteiger partial charge on any atom is -0.370 e. The second-order valence-electron chi connectivity index (χ2n) is 4.82. The second kappa shape index (κ2) is 5.90. The fraction of sp³-hybridized carbons (Fsp3) is 0.333. The predicted octanol–water partition coefficient (Wildman–Crippen LogP) is 1.01. The molecular formula is C12H17ClN4O2. The van der Waals surface area contributed by atoms with Crippen molar-refractivity contribution in [1.29, 1.82) is 0 Å². The van der Waals surface area contributed by atoms with Crippen LogP contribution in [0.2, 0.25) is 5.02 Å². The van der Waals surface area contributed by atoms with Crippen LogP contribution in [0, 0.1) is 0 Å². The molecule has 0 spiro atoms. The number of hydrazine groups is 1. The standard InChI is InChI=1S/C12H17ClN4O2/c1-12(2,6-10(14)18)16-11(19)8-5-7(13)3-4-9(8)17-15/h3-5,17H,6,15H2,1-2H3,(H2,14,18)(H,16,19). The highest BCUT2D eigenvalue weighted by atomic mass is 35.5. The summed E-state index contributed by atoms with van der Waals surface area (Å²) in [5.41, 5.74) is 7.54. The van der Waals surface area contributed by atoms with E-state index in [1.807, 2.05) is 0 Å². The van der Waals surface area contributed by atoms with Gasteiger partial charge < -0.3 is 16.5 Å². The Kier molecular flexibility index (Phi) is 4.74. The Balaban J connectivity index is 2.95. The van der Waals surface area contributed by atoms with Gasteiger partial charge in [0.15, 0.2) is 0 Å². The molecule has 104 valence electrons. The summed E-state index contributed by atoms with van der Waals surface area (Å²) in [6.45, 7) is 3.41. The number of benzene rings is 1. The van der Waals surface area contributed by atoms with Crippen molar-refractivity contribution >= 4 is 29.1 Å². The van der Waals surface area contributed by atoms with E-state index in [2.05, 4.69) is 10.7 Å². The largest absolute Gasteiger partial charge is 0.370 e. The maximum absolute atomic E-state index is 12.2. The van der Waals surface area contributed by atoms with Crippen molar-refractivity contribution in [2.24, 2.45) is 11.6 Å². The van der Waals surface area contributed by atoms with E-state index in [4.69, 9.17) is 23.2 Å². The molecule has 0 fully saturated rings. The number of nitrogen functional groups attached to an aromatic ring is 1. The maximum atomic E-state index is 12.2. The lowest BCUT2D eigenvalue weighted by Crippen LogP contribution is -2.46. The average Bonchev–Trinajstić information content (AvgIpc) is 2.26. The number of nitrogens with two attached hydrogens (primary N) is 2. The zero-order chi connectivity index (χ0) is 14.6. The van der Waals surface area contributed by atoms with Gasteiger partial charge in [0.1, 0.15) is 0 Å². The molecule has 0 bridgehead atoms. The molecule has 6 N–H and O–H groups in total. The van der Waals surface area contributed by atoms with Gasteiger partial charge in [-0.05, 0) is 32.0 Å². The van der Waals surface area contributed by atoms with Crippen LogP contribution in [-0.4, -0.2) is 17.4 Å². The fourth-order valence-electron chi connectivity index (χ4n) is 1.68. The zero-order valence-electron chi connectivity index (χ0n) is 10.8. The summed E-state index contributed by atoms with van der Waals surface area (Å²) in [4.78, 5) is 23.1. The minimum atomic E-state index is -0.753. The summed E-state index contributed by atoms with van der Waals surface area (Å²) < 4.78 is 0. The van der Waals surface area contributed by atoms with E-state index in [-0.39, 0.29) is 12.3 Å². The first kappa shape index (κ1) is 15.3. The number of amides is 2. The number of rotatable bonds is 5. The van der Waals surface area contributed by atoms with Gasteiger partial charge in [-0.3, -0.25) is 15.4 Å². The number of carbonyl (C=O) groups excluding carboxylic acids is 2. The molecule has 1 aromatic rings. The van der Waals surface area contributed by atoms with Gasteiger partial charge in [0.05, 0.1) is 11.3 Å². The third kappa shape index (κ3) is 4.42. The minimum absolute atomic E-state index is 0.0324. The van der Waals surface area contributed by atoms with Gasteiger partial charge in [0.25, 0.3) is 5.91 Å². The van der Waals surface area contributed by atoms with Crippen LogP contribution >= 0.6 is 11.6 Å². The average molecular weight is 285 g/mol. The van der Waals surface area contributed by atoms with Gasteiger partial charge in [0, 0.05) is 17.0 Å². The van der Waals surface area contributed by atoms with Gasteiger partial charge in [-0.15, -0.1) is 0 Å². The van der Waals surface area contributed by atoms with Gasteiger partial charge in [-0.25, -0.2) is 0 Å². The van der Waals surface area contributed by atoms with Crippen molar-refractivity contribution in [2.45, 2.75) is 25.8 Å². The second-order valence-corrected chi connectivity index (χ2v) is 5.25. The molecule has 7 heteroatoms. The Labute approximate surface area is 116 Å². The van der Waals surface area contributed by atoms with Crippen molar-refractivity contribution in [3.05, 3.63) is 28.8 Å². The van der Waals surface area contributed by atoms with Crippen molar-refractivity contribution in [3.63, 3.8) is 0 Å². The Bertz CT molecular complexity index is 503. The molecular weight excluding hydrogens is 268 g/mol. The number of hydrogen-bond donors (Lipinski definition) is 4. The Morgan fingerprint density at radius 2 is 2.00 bits per heavy atom. The van der Waals surface area contributed by atoms with Crippen molar-refractivity contribution in [2.75, 3.05) is 5.43 Å². The Hall–Kier alpha value is -1.79. The molecule has 1 rings (SSSR count). The molecule has 0 aliphatic carbocycles. The topological polar surface area (TPSA) is 110 Å². The number of carbonyl (C=O) groups is 2. The summed E-state index contributed by atoms with van der Waals surface area (Å²) in [5.74, 6) is 4.46. The van der Waals surface area contributed by atoms with E-state index in [1.54, 1.807) is 26.0 Å². The van der Waals surface area contributed by atoms with Crippen molar-refractivity contribution in [3.8, 4) is 0 Å². The van der Waals surface area contributed by atoms with Crippen molar-refractivity contribution in [1.82, 2.24) is 5.32 Å². The van der Waals surface area contributed by atoms with E-state index in [9.17, 15) is 9.59 Å². The molecule has 0 unspecified atom stereocenters. The van der Waals surface area contributed by atoms with Crippen LogP contribution in [-0.2, 0) is 4.79 Å². The van der Waals surface area contributed by atoms with E-state index in [0.717, 1.165) is 0 Å². The predicted molar refractivity (Wildman–Crippen MR) is 74.6 cm³/mol. The number of hydrogen-bond acceptors (Lipinski definition) is 4. The van der Waals surface area contributed by atoms with Gasteiger partial charge >= 0.3 is 0 Å². The molecule has 0 saturated carbocycles. The zero-order valence-corrected chi connectivity index (χ0v) is 11.5. The van der Waals surface area contributed by atoms with Gasteiger partial charge in [-0.1, -0.05) is 11.6 Å². The Morgan fingerprint density at radius 3 is 2.53 bits per heavy atom. The molecule has 0 aliphatic heterocycles. The fourth-order valence-corrected chi connectivity index (χ4v) is 1.86. The highest BCUT2D eigenvalue weighted by Crippen LogP contribution is 2.21. The molecule has 0 atom stereocenters. The summed E-state index contributed by atoms with van der Waals surface area (Å²) in [6, 6.07) is 4.70. The monoisotopic (exact) mass is 284 g/mol. The molecule has 0 radical (unpaired) electrons. The summed E-state index contributed by atoms with van der Waals surface area (Å²) >= 11 is 5.85. The molecule has 2 amide bonds. The lowest BCUT2D eigenvalue weighted by molar-refractivity contribution is -0.119. The third-order valence-electron chi connectivity index (χ3n) is 2.45. The van der Waals surface area contributed by atoms with E-state index in [0.29, 0.717) is 16.3 Å². The van der Waals surface area contributed by atoms with E-state index < -0.39 is 11.4 Å². The smallest absolute Gasteiger partial charge is 0.253 e. The molecule has 6 nitrogen and oxygen atoms in total. The number of nitrogens with one attached hydrogen (secondary N) is 2. The van der Waals surface area contributed by atoms with E-state index in [1.165, 1.54) is 6.07 Å². The van der Waals surface area contributed by atoms with Gasteiger partial charge in [0.2, 0.25) is 5.91 Å². The normalized spacial score (nSPS) is 10.9. The molecule has 0 heterocycles. The first-order valence-electron chi connectivity index (χ1n) is 5.62. The summed E-state index contributed by atoms with van der Waals surface area (Å²) in [5, 5.41) is 3.13. The highest BCUT2D eigenvalue weighted by molar-refractivity contribution is 6.31. The number of anilines is 1. The molecule has 0 aliphatic rings. The van der Waals surface area contributed by atoms with E-state index >= 15 is 0 Å². The SMILES string of the molecule is CC(C)(CC(N)=O)NC(=O)c1cc(Cl)ccc1NN. The number of halogens is 1.